The Kier molecular flexibility index (Phi) is 4.20. The van der Waals surface area contributed by atoms with Gasteiger partial charge in [0.15, 0.2) is 5.78 Å². The fraction of sp³-hybridized carbons (Fsp3) is 0.733. The van der Waals surface area contributed by atoms with E-state index in [9.17, 15) is 4.79 Å². The second-order valence-electron chi connectivity index (χ2n) is 5.51. The van der Waals surface area contributed by atoms with Gasteiger partial charge in [0.25, 0.3) is 0 Å². The molecule has 0 unspecified atom stereocenters. The molecule has 1 heterocycles. The number of aromatic nitrogens is 2. The molecule has 0 spiro atoms. The maximum Gasteiger partial charge on any atom is 0.169 e. The van der Waals surface area contributed by atoms with Crippen LogP contribution in [0.5, 0.6) is 0 Å². The minimum absolute atomic E-state index is 0.238. The summed E-state index contributed by atoms with van der Waals surface area (Å²) in [5.41, 5.74) is 1.82. The molecule has 1 fully saturated rings. The lowest BCUT2D eigenvalue weighted by Crippen LogP contribution is -2.22. The smallest absolute Gasteiger partial charge is 0.169 e. The van der Waals surface area contributed by atoms with Crippen LogP contribution in [0, 0.1) is 11.8 Å². The van der Waals surface area contributed by atoms with Crippen LogP contribution < -0.4 is 0 Å². The van der Waals surface area contributed by atoms with Crippen molar-refractivity contribution in [3.8, 4) is 0 Å². The molecule has 1 aromatic heterocycles. The minimum Gasteiger partial charge on any atom is -0.294 e. The van der Waals surface area contributed by atoms with Crippen LogP contribution in [0.2, 0.25) is 0 Å². The van der Waals surface area contributed by atoms with Gasteiger partial charge in [-0.3, -0.25) is 9.48 Å². The van der Waals surface area contributed by atoms with Gasteiger partial charge in [-0.15, -0.1) is 0 Å². The van der Waals surface area contributed by atoms with Crippen molar-refractivity contribution in [2.75, 3.05) is 0 Å². The summed E-state index contributed by atoms with van der Waals surface area (Å²) >= 11 is 0. The highest BCUT2D eigenvalue weighted by Gasteiger charge is 2.28. The Morgan fingerprint density at radius 3 is 2.56 bits per heavy atom. The first-order valence-electron chi connectivity index (χ1n) is 7.22. The Morgan fingerprint density at radius 1 is 1.33 bits per heavy atom. The first-order chi connectivity index (χ1) is 8.65. The van der Waals surface area contributed by atoms with E-state index in [0.717, 1.165) is 36.4 Å². The molecule has 100 valence electrons. The van der Waals surface area contributed by atoms with E-state index in [2.05, 4.69) is 18.9 Å². The number of ketones is 1. The van der Waals surface area contributed by atoms with Crippen molar-refractivity contribution in [2.45, 2.75) is 52.4 Å². The SMILES string of the molecule is CCc1nn(C)cc1C(=O)C1CCC(CC)CC1. The van der Waals surface area contributed by atoms with E-state index in [1.165, 1.54) is 19.3 Å². The van der Waals surface area contributed by atoms with Crippen molar-refractivity contribution < 1.29 is 4.79 Å². The molecule has 3 nitrogen and oxygen atoms in total. The highest BCUT2D eigenvalue weighted by Crippen LogP contribution is 2.33. The van der Waals surface area contributed by atoms with E-state index < -0.39 is 0 Å². The van der Waals surface area contributed by atoms with Crippen molar-refractivity contribution in [1.29, 1.82) is 0 Å². The molecule has 0 aliphatic heterocycles. The molecular weight excluding hydrogens is 224 g/mol. The molecule has 18 heavy (non-hydrogen) atoms. The highest BCUT2D eigenvalue weighted by atomic mass is 16.1. The van der Waals surface area contributed by atoms with Gasteiger partial charge >= 0.3 is 0 Å². The van der Waals surface area contributed by atoms with Gasteiger partial charge in [-0.2, -0.15) is 5.10 Å². The van der Waals surface area contributed by atoms with Gasteiger partial charge in [-0.05, 0) is 38.0 Å². The van der Waals surface area contributed by atoms with E-state index in [-0.39, 0.29) is 5.92 Å². The lowest BCUT2D eigenvalue weighted by atomic mass is 9.78. The number of Topliss-reactive ketones (excluding diaryl/α,β-unsaturated/α-hetero) is 1. The van der Waals surface area contributed by atoms with Gasteiger partial charge < -0.3 is 0 Å². The van der Waals surface area contributed by atoms with Crippen molar-refractivity contribution >= 4 is 5.78 Å². The summed E-state index contributed by atoms with van der Waals surface area (Å²) in [5.74, 6) is 1.41. The van der Waals surface area contributed by atoms with Gasteiger partial charge in [0.2, 0.25) is 0 Å². The van der Waals surface area contributed by atoms with Crippen LogP contribution in [0.1, 0.15) is 62.0 Å². The molecule has 0 bridgehead atoms. The van der Waals surface area contributed by atoms with Gasteiger partial charge in [-0.1, -0.05) is 20.3 Å². The van der Waals surface area contributed by atoms with Crippen LogP contribution in [0.4, 0.5) is 0 Å². The molecule has 1 aliphatic carbocycles. The lowest BCUT2D eigenvalue weighted by molar-refractivity contribution is 0.0870. The van der Waals surface area contributed by atoms with Gasteiger partial charge in [-0.25, -0.2) is 0 Å². The van der Waals surface area contributed by atoms with E-state index >= 15 is 0 Å². The fourth-order valence-corrected chi connectivity index (χ4v) is 3.05. The van der Waals surface area contributed by atoms with E-state index in [4.69, 9.17) is 0 Å². The third kappa shape index (κ3) is 2.65. The molecule has 0 amide bonds. The quantitative estimate of drug-likeness (QED) is 0.766. The normalized spacial score (nSPS) is 24.2. The second-order valence-corrected chi connectivity index (χ2v) is 5.51. The van der Waals surface area contributed by atoms with Gasteiger partial charge in [0.05, 0.1) is 11.3 Å². The molecule has 3 heteroatoms. The number of nitrogens with zero attached hydrogens (tertiary/aromatic N) is 2. The monoisotopic (exact) mass is 248 g/mol. The van der Waals surface area contributed by atoms with Crippen LogP contribution >= 0.6 is 0 Å². The average Bonchev–Trinajstić information content (AvgIpc) is 2.79. The zero-order valence-electron chi connectivity index (χ0n) is 11.8. The predicted molar refractivity (Wildman–Crippen MR) is 72.7 cm³/mol. The molecule has 0 aromatic carbocycles. The molecule has 1 aliphatic rings. The minimum atomic E-state index is 0.238. The summed E-state index contributed by atoms with van der Waals surface area (Å²) < 4.78 is 1.77. The molecule has 0 N–H and O–H groups in total. The zero-order chi connectivity index (χ0) is 13.1. The summed E-state index contributed by atoms with van der Waals surface area (Å²) in [6.07, 6.45) is 8.56. The largest absolute Gasteiger partial charge is 0.294 e. The lowest BCUT2D eigenvalue weighted by Gasteiger charge is -2.26. The first kappa shape index (κ1) is 13.3. The van der Waals surface area contributed by atoms with Crippen molar-refractivity contribution in [1.82, 2.24) is 9.78 Å². The Bertz CT molecular complexity index is 414. The van der Waals surface area contributed by atoms with Crippen molar-refractivity contribution in [2.24, 2.45) is 18.9 Å². The number of hydrogen-bond donors (Lipinski definition) is 0. The van der Waals surface area contributed by atoms with Gasteiger partial charge in [0, 0.05) is 19.2 Å². The van der Waals surface area contributed by atoms with Gasteiger partial charge in [0.1, 0.15) is 0 Å². The Morgan fingerprint density at radius 2 is 2.00 bits per heavy atom. The van der Waals surface area contributed by atoms with Crippen LogP contribution in [0.3, 0.4) is 0 Å². The molecular formula is C15H24N2O. The summed E-state index contributed by atoms with van der Waals surface area (Å²) in [4.78, 5) is 12.5. The van der Waals surface area contributed by atoms with Crippen LogP contribution in [-0.4, -0.2) is 15.6 Å². The standard InChI is InChI=1S/C15H24N2O/c1-4-11-6-8-12(9-7-11)15(18)13-10-17(3)16-14(13)5-2/h10-12H,4-9H2,1-3H3. The Labute approximate surface area is 110 Å². The van der Waals surface area contributed by atoms with E-state index in [1.807, 2.05) is 13.2 Å². The number of carbonyl (C=O) groups is 1. The summed E-state index contributed by atoms with van der Waals surface area (Å²) in [5, 5.41) is 4.37. The number of rotatable bonds is 4. The number of aryl methyl sites for hydroxylation is 2. The molecule has 1 saturated carbocycles. The first-order valence-corrected chi connectivity index (χ1v) is 7.22. The summed E-state index contributed by atoms with van der Waals surface area (Å²) in [6.45, 7) is 4.32. The van der Waals surface area contributed by atoms with Crippen LogP contribution in [-0.2, 0) is 13.5 Å². The molecule has 0 atom stereocenters. The van der Waals surface area contributed by atoms with E-state index in [0.29, 0.717) is 5.78 Å². The molecule has 0 radical (unpaired) electrons. The predicted octanol–water partition coefficient (Wildman–Crippen LogP) is 3.38. The average molecular weight is 248 g/mol. The fourth-order valence-electron chi connectivity index (χ4n) is 3.05. The highest BCUT2D eigenvalue weighted by molar-refractivity contribution is 5.98. The summed E-state index contributed by atoms with van der Waals surface area (Å²) in [6, 6.07) is 0. The third-order valence-electron chi connectivity index (χ3n) is 4.30. The Hall–Kier alpha value is -1.12. The van der Waals surface area contributed by atoms with Crippen LogP contribution in [0.15, 0.2) is 6.20 Å². The molecule has 0 saturated heterocycles. The van der Waals surface area contributed by atoms with Crippen LogP contribution in [0.25, 0.3) is 0 Å². The van der Waals surface area contributed by atoms with Crippen molar-refractivity contribution in [3.05, 3.63) is 17.5 Å². The topological polar surface area (TPSA) is 34.9 Å². The molecule has 1 aromatic rings. The number of carbonyl (C=O) groups excluding carboxylic acids is 1. The van der Waals surface area contributed by atoms with Crippen molar-refractivity contribution in [3.63, 3.8) is 0 Å². The maximum atomic E-state index is 12.5. The third-order valence-corrected chi connectivity index (χ3v) is 4.30. The second kappa shape index (κ2) is 5.68. The van der Waals surface area contributed by atoms with E-state index in [1.54, 1.807) is 4.68 Å². The Balaban J connectivity index is 2.07. The number of hydrogen-bond acceptors (Lipinski definition) is 2. The summed E-state index contributed by atoms with van der Waals surface area (Å²) in [7, 11) is 1.89. The molecule has 2 rings (SSSR count). The maximum absolute atomic E-state index is 12.5. The zero-order valence-corrected chi connectivity index (χ0v) is 11.8.